The number of ether oxygens (including phenoxy) is 1. The lowest BCUT2D eigenvalue weighted by molar-refractivity contribution is 0.0495. The summed E-state index contributed by atoms with van der Waals surface area (Å²) in [5.41, 5.74) is 1.74. The van der Waals surface area contributed by atoms with Crippen LogP contribution in [0.25, 0.3) is 0 Å². The van der Waals surface area contributed by atoms with E-state index in [9.17, 15) is 4.79 Å². The van der Waals surface area contributed by atoms with Crippen molar-refractivity contribution in [2.45, 2.75) is 44.8 Å². The van der Waals surface area contributed by atoms with E-state index in [1.54, 1.807) is 0 Å². The van der Waals surface area contributed by atoms with Gasteiger partial charge in [0.2, 0.25) is 0 Å². The summed E-state index contributed by atoms with van der Waals surface area (Å²) in [6, 6.07) is 8.32. The number of alkyl carbamates (subject to hydrolysis) is 1. The van der Waals surface area contributed by atoms with Gasteiger partial charge in [0.05, 0.1) is 5.54 Å². The predicted molar refractivity (Wildman–Crippen MR) is 74.9 cm³/mol. The standard InChI is InChI=1S/C14H20BNO2/c1-13(2,3)18-12(17)16-14(8-9-14)10-4-6-11(15)7-5-10/h4-7H,8-9,15H2,1-3H3,(H,16,17). The summed E-state index contributed by atoms with van der Waals surface area (Å²) >= 11 is 0. The molecule has 1 aromatic rings. The van der Waals surface area contributed by atoms with E-state index in [1.807, 2.05) is 20.8 Å². The lowest BCUT2D eigenvalue weighted by Gasteiger charge is -2.23. The summed E-state index contributed by atoms with van der Waals surface area (Å²) in [6.45, 7) is 5.62. The minimum atomic E-state index is -0.451. The first-order valence-electron chi connectivity index (χ1n) is 6.39. The average molecular weight is 245 g/mol. The Balaban J connectivity index is 2.04. The zero-order chi connectivity index (χ0) is 13.4. The maximum absolute atomic E-state index is 11.8. The van der Waals surface area contributed by atoms with E-state index in [1.165, 1.54) is 11.0 Å². The van der Waals surface area contributed by atoms with E-state index in [0.29, 0.717) is 0 Å². The Morgan fingerprint density at radius 3 is 2.28 bits per heavy atom. The highest BCUT2D eigenvalue weighted by Crippen LogP contribution is 2.45. The van der Waals surface area contributed by atoms with E-state index in [-0.39, 0.29) is 11.6 Å². The normalized spacial score (nSPS) is 17.1. The van der Waals surface area contributed by atoms with Gasteiger partial charge in [0.15, 0.2) is 0 Å². The molecule has 96 valence electrons. The van der Waals surface area contributed by atoms with Crippen LogP contribution < -0.4 is 10.8 Å². The van der Waals surface area contributed by atoms with Crippen molar-refractivity contribution in [1.82, 2.24) is 5.32 Å². The Hall–Kier alpha value is -1.45. The first-order valence-corrected chi connectivity index (χ1v) is 6.39. The van der Waals surface area contributed by atoms with Crippen LogP contribution in [0.4, 0.5) is 4.79 Å². The third-order valence-corrected chi connectivity index (χ3v) is 3.09. The zero-order valence-corrected chi connectivity index (χ0v) is 11.5. The number of nitrogens with one attached hydrogen (secondary N) is 1. The molecule has 2 rings (SSSR count). The summed E-state index contributed by atoms with van der Waals surface area (Å²) < 4.78 is 5.31. The summed E-state index contributed by atoms with van der Waals surface area (Å²) in [5, 5.41) is 3.00. The van der Waals surface area contributed by atoms with Gasteiger partial charge in [0, 0.05) is 0 Å². The number of benzene rings is 1. The molecule has 1 aliphatic rings. The number of carbonyl (C=O) groups is 1. The van der Waals surface area contributed by atoms with Gasteiger partial charge in [0.25, 0.3) is 0 Å². The van der Waals surface area contributed by atoms with Gasteiger partial charge >= 0.3 is 6.09 Å². The summed E-state index contributed by atoms with van der Waals surface area (Å²) in [4.78, 5) is 11.8. The molecule has 0 unspecified atom stereocenters. The first kappa shape index (κ1) is 13.0. The molecule has 1 fully saturated rings. The van der Waals surface area contributed by atoms with Crippen molar-refractivity contribution in [3.63, 3.8) is 0 Å². The summed E-state index contributed by atoms with van der Waals surface area (Å²) in [5.74, 6) is 0. The van der Waals surface area contributed by atoms with Crippen LogP contribution in [-0.4, -0.2) is 19.5 Å². The highest BCUT2D eigenvalue weighted by Gasteiger charge is 2.46. The van der Waals surface area contributed by atoms with Crippen molar-refractivity contribution in [3.8, 4) is 0 Å². The van der Waals surface area contributed by atoms with Gasteiger partial charge in [-0.25, -0.2) is 4.79 Å². The number of hydrogen-bond donors (Lipinski definition) is 1. The Kier molecular flexibility index (Phi) is 3.13. The van der Waals surface area contributed by atoms with Crippen molar-refractivity contribution in [2.75, 3.05) is 0 Å². The quantitative estimate of drug-likeness (QED) is 0.801. The summed E-state index contributed by atoms with van der Waals surface area (Å²) in [6.07, 6.45) is 1.63. The van der Waals surface area contributed by atoms with E-state index in [0.717, 1.165) is 12.8 Å². The van der Waals surface area contributed by atoms with E-state index >= 15 is 0 Å². The van der Waals surface area contributed by atoms with Crippen molar-refractivity contribution in [1.29, 1.82) is 0 Å². The molecule has 3 nitrogen and oxygen atoms in total. The van der Waals surface area contributed by atoms with E-state index in [4.69, 9.17) is 4.74 Å². The predicted octanol–water partition coefficient (Wildman–Crippen LogP) is 1.46. The van der Waals surface area contributed by atoms with Gasteiger partial charge in [0.1, 0.15) is 13.4 Å². The van der Waals surface area contributed by atoms with Gasteiger partial charge in [-0.3, -0.25) is 0 Å². The van der Waals surface area contributed by atoms with Crippen LogP contribution in [0.1, 0.15) is 39.2 Å². The van der Waals surface area contributed by atoms with Crippen molar-refractivity contribution >= 4 is 19.4 Å². The molecule has 1 aliphatic carbocycles. The van der Waals surface area contributed by atoms with Crippen molar-refractivity contribution in [2.24, 2.45) is 0 Å². The SMILES string of the molecule is Bc1ccc(C2(NC(=O)OC(C)(C)C)CC2)cc1. The van der Waals surface area contributed by atoms with Crippen LogP contribution >= 0.6 is 0 Å². The van der Waals surface area contributed by atoms with Gasteiger partial charge < -0.3 is 10.1 Å². The van der Waals surface area contributed by atoms with Crippen LogP contribution in [0, 0.1) is 0 Å². The molecule has 0 aromatic heterocycles. The molecule has 0 heterocycles. The van der Waals surface area contributed by atoms with Gasteiger partial charge in [-0.1, -0.05) is 29.7 Å². The molecule has 4 heteroatoms. The highest BCUT2D eigenvalue weighted by molar-refractivity contribution is 6.32. The zero-order valence-electron chi connectivity index (χ0n) is 11.5. The highest BCUT2D eigenvalue weighted by atomic mass is 16.6. The molecule has 0 spiro atoms. The van der Waals surface area contributed by atoms with Crippen molar-refractivity contribution in [3.05, 3.63) is 29.8 Å². The van der Waals surface area contributed by atoms with Gasteiger partial charge in [-0.05, 0) is 39.2 Å². The molecule has 1 amide bonds. The maximum Gasteiger partial charge on any atom is 0.408 e. The largest absolute Gasteiger partial charge is 0.444 e. The fraction of sp³-hybridized carbons (Fsp3) is 0.500. The fourth-order valence-corrected chi connectivity index (χ4v) is 1.98. The topological polar surface area (TPSA) is 38.3 Å². The molecule has 18 heavy (non-hydrogen) atoms. The second-order valence-electron chi connectivity index (χ2n) is 6.08. The summed E-state index contributed by atoms with van der Waals surface area (Å²) in [7, 11) is 2.06. The number of rotatable bonds is 2. The Morgan fingerprint density at radius 2 is 1.83 bits per heavy atom. The monoisotopic (exact) mass is 245 g/mol. The Labute approximate surface area is 109 Å². The van der Waals surface area contributed by atoms with E-state index < -0.39 is 5.60 Å². The fourth-order valence-electron chi connectivity index (χ4n) is 1.98. The molecule has 1 aromatic carbocycles. The lowest BCUT2D eigenvalue weighted by Crippen LogP contribution is -2.39. The van der Waals surface area contributed by atoms with Crippen LogP contribution in [0.5, 0.6) is 0 Å². The van der Waals surface area contributed by atoms with Gasteiger partial charge in [-0.2, -0.15) is 0 Å². The van der Waals surface area contributed by atoms with Crippen LogP contribution in [0.3, 0.4) is 0 Å². The van der Waals surface area contributed by atoms with Crippen LogP contribution in [0.15, 0.2) is 24.3 Å². The number of amides is 1. The molecule has 0 saturated heterocycles. The molecule has 1 saturated carbocycles. The van der Waals surface area contributed by atoms with Gasteiger partial charge in [-0.15, -0.1) is 0 Å². The van der Waals surface area contributed by atoms with Crippen LogP contribution in [0.2, 0.25) is 0 Å². The Bertz CT molecular complexity index is 444. The Morgan fingerprint density at radius 1 is 1.28 bits per heavy atom. The third kappa shape index (κ3) is 3.06. The average Bonchev–Trinajstić information content (AvgIpc) is 2.96. The minimum Gasteiger partial charge on any atom is -0.444 e. The molecule has 0 aliphatic heterocycles. The lowest BCUT2D eigenvalue weighted by atomic mass is 9.93. The molecular weight excluding hydrogens is 225 g/mol. The molecular formula is C14H20BNO2. The number of hydrogen-bond acceptors (Lipinski definition) is 2. The smallest absolute Gasteiger partial charge is 0.408 e. The van der Waals surface area contributed by atoms with Crippen molar-refractivity contribution < 1.29 is 9.53 Å². The van der Waals surface area contributed by atoms with E-state index in [2.05, 4.69) is 37.4 Å². The second-order valence-corrected chi connectivity index (χ2v) is 6.08. The molecule has 0 atom stereocenters. The second kappa shape index (κ2) is 4.34. The molecule has 1 N–H and O–H groups in total. The molecule has 0 radical (unpaired) electrons. The minimum absolute atomic E-state index is 0.198. The number of carbonyl (C=O) groups excluding carboxylic acids is 1. The first-order chi connectivity index (χ1) is 8.31. The van der Waals surface area contributed by atoms with Crippen LogP contribution in [-0.2, 0) is 10.3 Å². The molecule has 0 bridgehead atoms. The third-order valence-electron chi connectivity index (χ3n) is 3.09. The maximum atomic E-state index is 11.8.